The summed E-state index contributed by atoms with van der Waals surface area (Å²) in [6.45, 7) is 3.05. The van der Waals surface area contributed by atoms with Crippen LogP contribution in [0.5, 0.6) is 0 Å². The summed E-state index contributed by atoms with van der Waals surface area (Å²) in [5.41, 5.74) is 0.248. The Morgan fingerprint density at radius 1 is 1.15 bits per heavy atom. The van der Waals surface area contributed by atoms with Gasteiger partial charge in [-0.2, -0.15) is 5.26 Å². The molecule has 0 radical (unpaired) electrons. The second kappa shape index (κ2) is 9.15. The highest BCUT2D eigenvalue weighted by molar-refractivity contribution is 6.30. The first-order chi connectivity index (χ1) is 16.2. The number of alkyl halides is 1. The largest absolute Gasteiger partial charge is 0.321 e. The van der Waals surface area contributed by atoms with Crippen molar-refractivity contribution in [3.8, 4) is 17.2 Å². The van der Waals surface area contributed by atoms with E-state index in [1.807, 2.05) is 30.3 Å². The van der Waals surface area contributed by atoms with E-state index in [9.17, 15) is 19.2 Å². The molecule has 1 amide bonds. The van der Waals surface area contributed by atoms with E-state index in [2.05, 4.69) is 11.1 Å². The number of carbonyl (C=O) groups excluding carboxylic acids is 2. The van der Waals surface area contributed by atoms with E-state index in [0.717, 1.165) is 11.1 Å². The zero-order valence-electron chi connectivity index (χ0n) is 19.1. The maximum absolute atomic E-state index is 14.7. The Labute approximate surface area is 203 Å². The molecule has 0 bridgehead atoms. The van der Waals surface area contributed by atoms with E-state index in [-0.39, 0.29) is 37.5 Å². The molecule has 34 heavy (non-hydrogen) atoms. The van der Waals surface area contributed by atoms with E-state index >= 15 is 0 Å². The number of Topliss-reactive ketones (excluding diaryl/α,β-unsaturated/α-hetero) is 1. The van der Waals surface area contributed by atoms with Crippen molar-refractivity contribution in [2.24, 2.45) is 0 Å². The fraction of sp³-hybridized carbons (Fsp3) is 0.333. The van der Waals surface area contributed by atoms with E-state index in [0.29, 0.717) is 27.9 Å². The maximum atomic E-state index is 14.7. The first-order valence-corrected chi connectivity index (χ1v) is 11.6. The molecule has 1 saturated heterocycles. The van der Waals surface area contributed by atoms with Crippen LogP contribution in [0, 0.1) is 11.3 Å². The number of benzene rings is 2. The van der Waals surface area contributed by atoms with Crippen LogP contribution < -0.4 is 0 Å². The zero-order valence-corrected chi connectivity index (χ0v) is 19.9. The van der Waals surface area contributed by atoms with Crippen molar-refractivity contribution in [3.05, 3.63) is 65.3 Å². The van der Waals surface area contributed by atoms with Crippen molar-refractivity contribution in [2.45, 2.75) is 50.7 Å². The van der Waals surface area contributed by atoms with Crippen molar-refractivity contribution < 1.29 is 14.0 Å². The van der Waals surface area contributed by atoms with Gasteiger partial charge in [-0.1, -0.05) is 36.7 Å². The van der Waals surface area contributed by atoms with Crippen LogP contribution in [0.3, 0.4) is 0 Å². The Hall–Kier alpha value is -3.30. The molecule has 4 rings (SSSR count). The lowest BCUT2D eigenvalue weighted by Crippen LogP contribution is -2.46. The van der Waals surface area contributed by atoms with Crippen LogP contribution in [0.4, 0.5) is 4.39 Å². The highest BCUT2D eigenvalue weighted by Crippen LogP contribution is 2.40. The smallest absolute Gasteiger partial charge is 0.224 e. The maximum Gasteiger partial charge on any atom is 0.224 e. The fourth-order valence-corrected chi connectivity index (χ4v) is 4.89. The molecular weight excluding hydrogens is 453 g/mol. The minimum absolute atomic E-state index is 0.0187. The third-order valence-corrected chi connectivity index (χ3v) is 6.80. The predicted octanol–water partition coefficient (Wildman–Crippen LogP) is 6.15. The molecule has 0 N–H and O–H groups in total. The Morgan fingerprint density at radius 2 is 1.85 bits per heavy atom. The van der Waals surface area contributed by atoms with Gasteiger partial charge in [0.2, 0.25) is 5.91 Å². The number of carbonyl (C=O) groups is 2. The number of nitriles is 1. The number of hydrogen-bond acceptors (Lipinski definition) is 4. The topological polar surface area (TPSA) is 74.1 Å². The summed E-state index contributed by atoms with van der Waals surface area (Å²) in [7, 11) is 0. The number of pyridine rings is 1. The van der Waals surface area contributed by atoms with Crippen LogP contribution in [0.25, 0.3) is 22.0 Å². The van der Waals surface area contributed by atoms with Gasteiger partial charge in [-0.15, -0.1) is 0 Å². The SMILES string of the molecule is CC[C@@]1(C#N)CC(C)(F)CN1C(=O)CCC(=O)c1ccnc2ccc(-c3ccc(Cl)cc3)cc12. The summed E-state index contributed by atoms with van der Waals surface area (Å²) >= 11 is 6.00. The summed E-state index contributed by atoms with van der Waals surface area (Å²) in [4.78, 5) is 31.8. The van der Waals surface area contributed by atoms with Gasteiger partial charge in [0.05, 0.1) is 18.1 Å². The van der Waals surface area contributed by atoms with Crippen molar-refractivity contribution >= 4 is 34.2 Å². The van der Waals surface area contributed by atoms with E-state index in [1.54, 1.807) is 31.3 Å². The van der Waals surface area contributed by atoms with Crippen molar-refractivity contribution in [1.29, 1.82) is 5.26 Å². The highest BCUT2D eigenvalue weighted by Gasteiger charge is 2.53. The summed E-state index contributed by atoms with van der Waals surface area (Å²) < 4.78 is 14.7. The van der Waals surface area contributed by atoms with E-state index in [4.69, 9.17) is 11.6 Å². The second-order valence-corrected chi connectivity index (χ2v) is 9.52. The van der Waals surface area contributed by atoms with Gasteiger partial charge >= 0.3 is 0 Å². The quantitative estimate of drug-likeness (QED) is 0.399. The second-order valence-electron chi connectivity index (χ2n) is 9.09. The molecule has 2 heterocycles. The van der Waals surface area contributed by atoms with E-state index in [1.165, 1.54) is 11.8 Å². The van der Waals surface area contributed by atoms with E-state index < -0.39 is 11.2 Å². The molecule has 0 spiro atoms. The molecule has 1 fully saturated rings. The van der Waals surface area contributed by atoms with Crippen molar-refractivity contribution in [3.63, 3.8) is 0 Å². The van der Waals surface area contributed by atoms with Gasteiger partial charge in [0.15, 0.2) is 5.78 Å². The number of likely N-dealkylation sites (tertiary alicyclic amines) is 1. The number of hydrogen-bond donors (Lipinski definition) is 0. The van der Waals surface area contributed by atoms with Gasteiger partial charge in [-0.25, -0.2) is 4.39 Å². The lowest BCUT2D eigenvalue weighted by Gasteiger charge is -2.31. The number of amides is 1. The fourth-order valence-electron chi connectivity index (χ4n) is 4.77. The monoisotopic (exact) mass is 477 g/mol. The third kappa shape index (κ3) is 4.53. The molecular formula is C27H25ClFN3O2. The number of fused-ring (bicyclic) bond motifs is 1. The summed E-state index contributed by atoms with van der Waals surface area (Å²) in [6.07, 6.45) is 1.78. The Morgan fingerprint density at radius 3 is 2.53 bits per heavy atom. The van der Waals surface area contributed by atoms with Gasteiger partial charge in [0.25, 0.3) is 0 Å². The molecule has 1 aliphatic rings. The highest BCUT2D eigenvalue weighted by atomic mass is 35.5. The first kappa shape index (κ1) is 23.8. The summed E-state index contributed by atoms with van der Waals surface area (Å²) in [6, 6.07) is 16.9. The average Bonchev–Trinajstić information content (AvgIpc) is 3.13. The molecule has 1 aliphatic heterocycles. The number of halogens is 2. The zero-order chi connectivity index (χ0) is 24.5. The van der Waals surface area contributed by atoms with Crippen LogP contribution in [-0.2, 0) is 4.79 Å². The van der Waals surface area contributed by atoms with Gasteiger partial charge in [0, 0.05) is 41.4 Å². The molecule has 7 heteroatoms. The number of ketones is 1. The van der Waals surface area contributed by atoms with Gasteiger partial charge in [-0.05, 0) is 54.8 Å². The van der Waals surface area contributed by atoms with Crippen LogP contribution in [0.1, 0.15) is 49.9 Å². The van der Waals surface area contributed by atoms with Crippen LogP contribution in [-0.4, -0.2) is 39.3 Å². The molecule has 3 aromatic rings. The summed E-state index contributed by atoms with van der Waals surface area (Å²) in [5.74, 6) is -0.575. The average molecular weight is 478 g/mol. The Kier molecular flexibility index (Phi) is 6.42. The predicted molar refractivity (Wildman–Crippen MR) is 130 cm³/mol. The van der Waals surface area contributed by atoms with Gasteiger partial charge in [-0.3, -0.25) is 14.6 Å². The normalized spacial score (nSPS) is 22.0. The lowest BCUT2D eigenvalue weighted by molar-refractivity contribution is -0.134. The van der Waals surface area contributed by atoms with Crippen molar-refractivity contribution in [2.75, 3.05) is 6.54 Å². The summed E-state index contributed by atoms with van der Waals surface area (Å²) in [5, 5.41) is 11.0. The third-order valence-electron chi connectivity index (χ3n) is 6.55. The van der Waals surface area contributed by atoms with Gasteiger partial charge < -0.3 is 4.90 Å². The minimum atomic E-state index is -1.62. The Bertz CT molecular complexity index is 1300. The Balaban J connectivity index is 1.56. The molecule has 5 nitrogen and oxygen atoms in total. The van der Waals surface area contributed by atoms with Crippen molar-refractivity contribution in [1.82, 2.24) is 9.88 Å². The molecule has 1 unspecified atom stereocenters. The first-order valence-electron chi connectivity index (χ1n) is 11.3. The number of rotatable bonds is 6. The number of aromatic nitrogens is 1. The van der Waals surface area contributed by atoms with Crippen LogP contribution in [0.15, 0.2) is 54.7 Å². The standard InChI is InChI=1S/C27H25ClFN3O2/c1-3-27(16-30)15-26(2,29)17-32(27)25(34)11-10-24(33)21-12-13-31-23-9-6-19(14-22(21)23)18-4-7-20(28)8-5-18/h4-9,12-14H,3,10-11,15,17H2,1-2H3/t26?,27-/m0/s1. The molecule has 1 aromatic heterocycles. The molecule has 2 atom stereocenters. The molecule has 0 saturated carbocycles. The molecule has 2 aromatic carbocycles. The lowest BCUT2D eigenvalue weighted by atomic mass is 9.90. The van der Waals surface area contributed by atoms with Gasteiger partial charge in [0.1, 0.15) is 11.2 Å². The van der Waals surface area contributed by atoms with Crippen LogP contribution in [0.2, 0.25) is 5.02 Å². The molecule has 0 aliphatic carbocycles. The van der Waals surface area contributed by atoms with Crippen LogP contribution >= 0.6 is 11.6 Å². The minimum Gasteiger partial charge on any atom is -0.321 e. The number of nitrogens with zero attached hydrogens (tertiary/aromatic N) is 3. The molecule has 174 valence electrons.